The Morgan fingerprint density at radius 1 is 1.47 bits per heavy atom. The summed E-state index contributed by atoms with van der Waals surface area (Å²) in [5.74, 6) is -0.538. The smallest absolute Gasteiger partial charge is 0.250 e. The molecule has 0 spiro atoms. The minimum absolute atomic E-state index is 0.346. The number of amides is 1. The molecule has 0 radical (unpaired) electrons. The summed E-state index contributed by atoms with van der Waals surface area (Å²) in [5, 5.41) is 4.70. The Kier molecular flexibility index (Phi) is 2.77. The maximum atomic E-state index is 11.3. The van der Waals surface area contributed by atoms with Gasteiger partial charge < -0.3 is 11.5 Å². The maximum Gasteiger partial charge on any atom is 0.250 e. The fraction of sp³-hybridized carbons (Fsp3) is 0.0909. The molecule has 17 heavy (non-hydrogen) atoms. The Balaban J connectivity index is 2.64. The van der Waals surface area contributed by atoms with E-state index >= 15 is 0 Å². The molecule has 2 rings (SSSR count). The third-order valence-corrected chi connectivity index (χ3v) is 2.74. The first-order chi connectivity index (χ1) is 7.99. The number of nitrogens with zero attached hydrogens (tertiary/aromatic N) is 2. The molecule has 5 nitrogen and oxygen atoms in total. The highest BCUT2D eigenvalue weighted by Gasteiger charge is 2.12. The fourth-order valence-corrected chi connectivity index (χ4v) is 1.64. The number of benzene rings is 1. The molecule has 1 aromatic heterocycles. The highest BCUT2D eigenvalue weighted by molar-refractivity contribution is 6.31. The van der Waals surface area contributed by atoms with E-state index in [-0.39, 0.29) is 0 Å². The number of nitrogen functional groups attached to an aromatic ring is 1. The van der Waals surface area contributed by atoms with Crippen molar-refractivity contribution in [3.63, 3.8) is 0 Å². The summed E-state index contributed by atoms with van der Waals surface area (Å²) in [6.45, 7) is 1.77. The van der Waals surface area contributed by atoms with E-state index in [1.165, 1.54) is 4.68 Å². The summed E-state index contributed by atoms with van der Waals surface area (Å²) < 4.78 is 1.49. The molecular formula is C11H11ClN4O. The number of anilines is 1. The molecule has 1 aromatic carbocycles. The van der Waals surface area contributed by atoms with Gasteiger partial charge in [-0.15, -0.1) is 0 Å². The van der Waals surface area contributed by atoms with Crippen LogP contribution in [0.4, 0.5) is 5.69 Å². The fourth-order valence-electron chi connectivity index (χ4n) is 1.51. The summed E-state index contributed by atoms with van der Waals surface area (Å²) >= 11 is 5.92. The number of rotatable bonds is 2. The first-order valence-electron chi connectivity index (χ1n) is 4.90. The second-order valence-electron chi connectivity index (χ2n) is 3.65. The lowest BCUT2D eigenvalue weighted by atomic mass is 10.1. The monoisotopic (exact) mass is 250 g/mol. The second-order valence-corrected chi connectivity index (χ2v) is 4.06. The number of aromatic nitrogens is 2. The molecule has 4 N–H and O–H groups in total. The van der Waals surface area contributed by atoms with E-state index < -0.39 is 5.91 Å². The topological polar surface area (TPSA) is 86.9 Å². The van der Waals surface area contributed by atoms with Crippen molar-refractivity contribution in [3.8, 4) is 5.69 Å². The van der Waals surface area contributed by atoms with Gasteiger partial charge in [0.2, 0.25) is 0 Å². The largest absolute Gasteiger partial charge is 0.399 e. The Hall–Kier alpha value is -2.01. The van der Waals surface area contributed by atoms with E-state index in [0.717, 1.165) is 0 Å². The molecule has 2 aromatic rings. The third-order valence-electron chi connectivity index (χ3n) is 2.37. The number of carbonyl (C=O) groups is 1. The maximum absolute atomic E-state index is 11.3. The van der Waals surface area contributed by atoms with Crippen LogP contribution >= 0.6 is 11.6 Å². The Morgan fingerprint density at radius 3 is 2.71 bits per heavy atom. The highest BCUT2D eigenvalue weighted by atomic mass is 35.5. The van der Waals surface area contributed by atoms with Crippen LogP contribution < -0.4 is 11.5 Å². The number of aryl methyl sites for hydroxylation is 1. The SMILES string of the molecule is Cc1nn(-c2cc(N)ccc2C(N)=O)cc1Cl. The molecule has 88 valence electrons. The van der Waals surface area contributed by atoms with Gasteiger partial charge in [0.1, 0.15) is 0 Å². The molecular weight excluding hydrogens is 240 g/mol. The van der Waals surface area contributed by atoms with Crippen LogP contribution in [0.3, 0.4) is 0 Å². The summed E-state index contributed by atoms with van der Waals surface area (Å²) in [6.07, 6.45) is 1.61. The van der Waals surface area contributed by atoms with E-state index in [1.807, 2.05) is 0 Å². The van der Waals surface area contributed by atoms with Gasteiger partial charge in [0.25, 0.3) is 5.91 Å². The Morgan fingerprint density at radius 2 is 2.18 bits per heavy atom. The summed E-state index contributed by atoms with van der Waals surface area (Å²) in [5.41, 5.74) is 13.0. The lowest BCUT2D eigenvalue weighted by molar-refractivity contribution is 0.1000. The predicted octanol–water partition coefficient (Wildman–Crippen LogP) is 1.52. The number of primary amides is 1. The Bertz CT molecular complexity index is 572. The molecule has 0 saturated heterocycles. The quantitative estimate of drug-likeness (QED) is 0.792. The minimum atomic E-state index is -0.538. The van der Waals surface area contributed by atoms with E-state index in [1.54, 1.807) is 31.3 Å². The van der Waals surface area contributed by atoms with Crippen LogP contribution in [0.5, 0.6) is 0 Å². The van der Waals surface area contributed by atoms with Crippen LogP contribution in [0.15, 0.2) is 24.4 Å². The van der Waals surface area contributed by atoms with Gasteiger partial charge in [-0.1, -0.05) is 11.6 Å². The van der Waals surface area contributed by atoms with Crippen molar-refractivity contribution in [3.05, 3.63) is 40.7 Å². The summed E-state index contributed by atoms with van der Waals surface area (Å²) in [7, 11) is 0. The van der Waals surface area contributed by atoms with Gasteiger partial charge in [-0.25, -0.2) is 4.68 Å². The van der Waals surface area contributed by atoms with Crippen molar-refractivity contribution in [2.45, 2.75) is 6.92 Å². The Labute approximate surface area is 103 Å². The van der Waals surface area contributed by atoms with Crippen LogP contribution in [0, 0.1) is 6.92 Å². The normalized spacial score (nSPS) is 10.5. The van der Waals surface area contributed by atoms with Crippen molar-refractivity contribution in [1.29, 1.82) is 0 Å². The van der Waals surface area contributed by atoms with Crippen molar-refractivity contribution in [1.82, 2.24) is 9.78 Å². The molecule has 1 amide bonds. The molecule has 0 aliphatic heterocycles. The number of halogens is 1. The van der Waals surface area contributed by atoms with Crippen LogP contribution in [0.25, 0.3) is 5.69 Å². The first kappa shape index (κ1) is 11.5. The summed E-state index contributed by atoms with van der Waals surface area (Å²) in [4.78, 5) is 11.3. The molecule has 0 bridgehead atoms. The number of carbonyl (C=O) groups excluding carboxylic acids is 1. The number of nitrogens with two attached hydrogens (primary N) is 2. The average Bonchev–Trinajstić information content (AvgIpc) is 2.58. The molecule has 0 unspecified atom stereocenters. The van der Waals surface area contributed by atoms with Crippen LogP contribution in [-0.2, 0) is 0 Å². The van der Waals surface area contributed by atoms with E-state index in [0.29, 0.717) is 27.7 Å². The molecule has 0 saturated carbocycles. The molecule has 6 heteroatoms. The summed E-state index contributed by atoms with van der Waals surface area (Å²) in [6, 6.07) is 4.81. The minimum Gasteiger partial charge on any atom is -0.399 e. The van der Waals surface area contributed by atoms with E-state index in [9.17, 15) is 4.79 Å². The van der Waals surface area contributed by atoms with Crippen molar-refractivity contribution in [2.24, 2.45) is 5.73 Å². The lowest BCUT2D eigenvalue weighted by Gasteiger charge is -2.07. The number of hydrogen-bond donors (Lipinski definition) is 2. The zero-order chi connectivity index (χ0) is 12.6. The van der Waals surface area contributed by atoms with Gasteiger partial charge >= 0.3 is 0 Å². The van der Waals surface area contributed by atoms with Gasteiger partial charge in [0.05, 0.1) is 22.0 Å². The average molecular weight is 251 g/mol. The van der Waals surface area contributed by atoms with E-state index in [2.05, 4.69) is 5.10 Å². The van der Waals surface area contributed by atoms with Gasteiger partial charge in [-0.3, -0.25) is 4.79 Å². The van der Waals surface area contributed by atoms with E-state index in [4.69, 9.17) is 23.1 Å². The second kappa shape index (κ2) is 4.10. The zero-order valence-electron chi connectivity index (χ0n) is 9.14. The van der Waals surface area contributed by atoms with Crippen molar-refractivity contribution >= 4 is 23.2 Å². The van der Waals surface area contributed by atoms with Gasteiger partial charge in [0, 0.05) is 11.9 Å². The van der Waals surface area contributed by atoms with Gasteiger partial charge in [-0.05, 0) is 25.1 Å². The molecule has 0 aliphatic carbocycles. The highest BCUT2D eigenvalue weighted by Crippen LogP contribution is 2.21. The number of hydrogen-bond acceptors (Lipinski definition) is 3. The van der Waals surface area contributed by atoms with Crippen LogP contribution in [0.2, 0.25) is 5.02 Å². The predicted molar refractivity (Wildman–Crippen MR) is 66.2 cm³/mol. The zero-order valence-corrected chi connectivity index (χ0v) is 9.90. The van der Waals surface area contributed by atoms with Crippen molar-refractivity contribution < 1.29 is 4.79 Å². The molecule has 1 heterocycles. The first-order valence-corrected chi connectivity index (χ1v) is 5.28. The standard InChI is InChI=1S/C11H11ClN4O/c1-6-9(12)5-16(15-6)10-4-7(13)2-3-8(10)11(14)17/h2-5H,13H2,1H3,(H2,14,17). The van der Waals surface area contributed by atoms with Crippen LogP contribution in [-0.4, -0.2) is 15.7 Å². The molecule has 0 fully saturated rings. The lowest BCUT2D eigenvalue weighted by Crippen LogP contribution is -2.15. The van der Waals surface area contributed by atoms with Gasteiger partial charge in [0.15, 0.2) is 0 Å². The van der Waals surface area contributed by atoms with Crippen LogP contribution in [0.1, 0.15) is 16.1 Å². The molecule has 0 aliphatic rings. The molecule has 0 atom stereocenters. The van der Waals surface area contributed by atoms with Crippen molar-refractivity contribution in [2.75, 3.05) is 5.73 Å². The van der Waals surface area contributed by atoms with Gasteiger partial charge in [-0.2, -0.15) is 5.10 Å². The third kappa shape index (κ3) is 2.09.